The predicted molar refractivity (Wildman–Crippen MR) is 86.1 cm³/mol. The Balaban J connectivity index is 2.79. The maximum Gasteiger partial charge on any atom is 0.242 e. The lowest BCUT2D eigenvalue weighted by Crippen LogP contribution is -2.31. The molecule has 0 radical (unpaired) electrons. The van der Waals surface area contributed by atoms with E-state index in [4.69, 9.17) is 0 Å². The van der Waals surface area contributed by atoms with E-state index in [0.717, 1.165) is 24.8 Å². The predicted octanol–water partition coefficient (Wildman–Crippen LogP) is 2.12. The van der Waals surface area contributed by atoms with E-state index in [2.05, 4.69) is 24.5 Å². The normalized spacial score (nSPS) is 14.5. The van der Waals surface area contributed by atoms with Gasteiger partial charge < -0.3 is 10.6 Å². The topological polar surface area (TPSA) is 75.3 Å². The highest BCUT2D eigenvalue weighted by atomic mass is 32.2. The zero-order valence-corrected chi connectivity index (χ0v) is 13.8. The van der Waals surface area contributed by atoms with Gasteiger partial charge in [0.25, 0.3) is 0 Å². The fraction of sp³-hybridized carbons (Fsp3) is 0.533. The van der Waals surface area contributed by atoms with Crippen LogP contribution in [0.4, 0.5) is 5.69 Å². The molecule has 0 spiro atoms. The summed E-state index contributed by atoms with van der Waals surface area (Å²) in [5, 5.41) is 4.96. The van der Waals surface area contributed by atoms with Gasteiger partial charge in [0.2, 0.25) is 5.91 Å². The average Bonchev–Trinajstić information content (AvgIpc) is 2.43. The highest BCUT2D eigenvalue weighted by Crippen LogP contribution is 2.18. The molecule has 2 atom stereocenters. The lowest BCUT2D eigenvalue weighted by Gasteiger charge is -2.16. The maximum absolute atomic E-state index is 11.9. The standard InChI is InChI=1S/C15H24N2O3S/c1-5-9-16-11(2)13-7-6-8-14(10-13)17-15(18)12(3)21(4,19)20/h6-8,10-12,16H,5,9H2,1-4H3,(H,17,18). The van der Waals surface area contributed by atoms with Crippen molar-refractivity contribution in [2.75, 3.05) is 18.1 Å². The van der Waals surface area contributed by atoms with E-state index in [9.17, 15) is 13.2 Å². The van der Waals surface area contributed by atoms with E-state index in [1.165, 1.54) is 6.92 Å². The summed E-state index contributed by atoms with van der Waals surface area (Å²) < 4.78 is 22.8. The van der Waals surface area contributed by atoms with E-state index < -0.39 is 21.0 Å². The minimum atomic E-state index is -3.39. The summed E-state index contributed by atoms with van der Waals surface area (Å²) in [5.41, 5.74) is 1.66. The Labute approximate surface area is 127 Å². The zero-order valence-electron chi connectivity index (χ0n) is 13.0. The number of sulfone groups is 1. The quantitative estimate of drug-likeness (QED) is 0.808. The fourth-order valence-corrected chi connectivity index (χ4v) is 2.25. The molecule has 0 fully saturated rings. The molecule has 1 rings (SSSR count). The van der Waals surface area contributed by atoms with Gasteiger partial charge >= 0.3 is 0 Å². The van der Waals surface area contributed by atoms with Gasteiger partial charge in [0, 0.05) is 18.0 Å². The van der Waals surface area contributed by atoms with Crippen LogP contribution in [0.5, 0.6) is 0 Å². The highest BCUT2D eigenvalue weighted by molar-refractivity contribution is 7.92. The van der Waals surface area contributed by atoms with Crippen LogP contribution in [0, 0.1) is 0 Å². The molecule has 21 heavy (non-hydrogen) atoms. The smallest absolute Gasteiger partial charge is 0.242 e. The first-order chi connectivity index (χ1) is 9.75. The van der Waals surface area contributed by atoms with Crippen LogP contribution < -0.4 is 10.6 Å². The van der Waals surface area contributed by atoms with Crippen LogP contribution in [0.25, 0.3) is 0 Å². The molecule has 1 aromatic carbocycles. The minimum Gasteiger partial charge on any atom is -0.325 e. The fourth-order valence-electron chi connectivity index (χ4n) is 1.80. The number of hydrogen-bond acceptors (Lipinski definition) is 4. The second kappa shape index (κ2) is 7.56. The van der Waals surface area contributed by atoms with Crippen LogP contribution >= 0.6 is 0 Å². The molecular weight excluding hydrogens is 288 g/mol. The third kappa shape index (κ3) is 5.47. The molecule has 5 nitrogen and oxygen atoms in total. The molecule has 0 aliphatic rings. The molecule has 0 aliphatic heterocycles. The summed E-state index contributed by atoms with van der Waals surface area (Å²) in [5.74, 6) is -0.510. The maximum atomic E-state index is 11.9. The minimum absolute atomic E-state index is 0.175. The molecule has 1 aromatic rings. The van der Waals surface area contributed by atoms with E-state index in [1.54, 1.807) is 6.07 Å². The van der Waals surface area contributed by atoms with Gasteiger partial charge in [-0.05, 0) is 44.5 Å². The van der Waals surface area contributed by atoms with Crippen LogP contribution in [-0.2, 0) is 14.6 Å². The largest absolute Gasteiger partial charge is 0.325 e. The van der Waals surface area contributed by atoms with E-state index >= 15 is 0 Å². The van der Waals surface area contributed by atoms with Crippen LogP contribution in [0.3, 0.4) is 0 Å². The van der Waals surface area contributed by atoms with Gasteiger partial charge in [-0.2, -0.15) is 0 Å². The summed E-state index contributed by atoms with van der Waals surface area (Å²) in [6.07, 6.45) is 2.11. The number of carbonyl (C=O) groups excluding carboxylic acids is 1. The second-order valence-electron chi connectivity index (χ2n) is 5.26. The van der Waals surface area contributed by atoms with Crippen molar-refractivity contribution in [1.82, 2.24) is 5.32 Å². The Morgan fingerprint density at radius 3 is 2.52 bits per heavy atom. The van der Waals surface area contributed by atoms with Gasteiger partial charge in [0.05, 0.1) is 0 Å². The van der Waals surface area contributed by atoms with Gasteiger partial charge in [-0.3, -0.25) is 4.79 Å². The molecule has 0 aromatic heterocycles. The number of carbonyl (C=O) groups is 1. The molecule has 2 N–H and O–H groups in total. The number of rotatable bonds is 7. The van der Waals surface area contributed by atoms with Crippen LogP contribution in [-0.4, -0.2) is 32.4 Å². The number of hydrogen-bond donors (Lipinski definition) is 2. The molecule has 0 bridgehead atoms. The lowest BCUT2D eigenvalue weighted by molar-refractivity contribution is -0.115. The Kier molecular flexibility index (Phi) is 6.36. The lowest BCUT2D eigenvalue weighted by atomic mass is 10.1. The van der Waals surface area contributed by atoms with Crippen molar-refractivity contribution in [3.05, 3.63) is 29.8 Å². The van der Waals surface area contributed by atoms with Crippen molar-refractivity contribution >= 4 is 21.4 Å². The Bertz CT molecular complexity index is 584. The molecule has 1 amide bonds. The first-order valence-corrected chi connectivity index (χ1v) is 9.04. The molecule has 118 valence electrons. The Morgan fingerprint density at radius 1 is 1.29 bits per heavy atom. The zero-order chi connectivity index (χ0) is 16.0. The van der Waals surface area contributed by atoms with Gasteiger partial charge in [0.15, 0.2) is 9.84 Å². The van der Waals surface area contributed by atoms with Crippen LogP contribution in [0.15, 0.2) is 24.3 Å². The highest BCUT2D eigenvalue weighted by Gasteiger charge is 2.23. The number of amides is 1. The summed E-state index contributed by atoms with van der Waals surface area (Å²) >= 11 is 0. The molecular formula is C15H24N2O3S. The van der Waals surface area contributed by atoms with Crippen molar-refractivity contribution in [2.24, 2.45) is 0 Å². The number of benzene rings is 1. The molecule has 0 saturated carbocycles. The molecule has 0 heterocycles. The third-order valence-electron chi connectivity index (χ3n) is 3.37. The average molecular weight is 312 g/mol. The van der Waals surface area contributed by atoms with Gasteiger partial charge in [-0.25, -0.2) is 8.42 Å². The Morgan fingerprint density at radius 2 is 1.95 bits per heavy atom. The van der Waals surface area contributed by atoms with E-state index in [1.807, 2.05) is 18.2 Å². The number of nitrogens with one attached hydrogen (secondary N) is 2. The van der Waals surface area contributed by atoms with Gasteiger partial charge in [0.1, 0.15) is 5.25 Å². The molecule has 6 heteroatoms. The van der Waals surface area contributed by atoms with E-state index in [0.29, 0.717) is 5.69 Å². The summed E-state index contributed by atoms with van der Waals surface area (Å²) in [6, 6.07) is 7.61. The first kappa shape index (κ1) is 17.7. The van der Waals surface area contributed by atoms with Crippen molar-refractivity contribution in [3.63, 3.8) is 0 Å². The van der Waals surface area contributed by atoms with Crippen molar-refractivity contribution in [1.29, 1.82) is 0 Å². The number of anilines is 1. The second-order valence-corrected chi connectivity index (χ2v) is 7.63. The van der Waals surface area contributed by atoms with Crippen molar-refractivity contribution < 1.29 is 13.2 Å². The monoisotopic (exact) mass is 312 g/mol. The van der Waals surface area contributed by atoms with Gasteiger partial charge in [-0.1, -0.05) is 19.1 Å². The molecule has 0 aliphatic carbocycles. The molecule has 2 unspecified atom stereocenters. The summed E-state index contributed by atoms with van der Waals surface area (Å²) in [4.78, 5) is 11.9. The van der Waals surface area contributed by atoms with E-state index in [-0.39, 0.29) is 6.04 Å². The first-order valence-electron chi connectivity index (χ1n) is 7.08. The third-order valence-corrected chi connectivity index (χ3v) is 4.86. The summed E-state index contributed by atoms with van der Waals surface area (Å²) in [7, 11) is -3.39. The van der Waals surface area contributed by atoms with Crippen molar-refractivity contribution in [2.45, 2.75) is 38.5 Å². The summed E-state index contributed by atoms with van der Waals surface area (Å²) in [6.45, 7) is 6.46. The molecule has 0 saturated heterocycles. The SMILES string of the molecule is CCCNC(C)c1cccc(NC(=O)C(C)S(C)(=O)=O)c1. The van der Waals surface area contributed by atoms with Crippen LogP contribution in [0.2, 0.25) is 0 Å². The van der Waals surface area contributed by atoms with Crippen LogP contribution in [0.1, 0.15) is 38.8 Å². The van der Waals surface area contributed by atoms with Gasteiger partial charge in [-0.15, -0.1) is 0 Å². The van der Waals surface area contributed by atoms with Crippen molar-refractivity contribution in [3.8, 4) is 0 Å². The Hall–Kier alpha value is -1.40.